The second-order valence-corrected chi connectivity index (χ2v) is 7.41. The van der Waals surface area contributed by atoms with Crippen LogP contribution in [0.4, 0.5) is 0 Å². The highest BCUT2D eigenvalue weighted by molar-refractivity contribution is 7.89. The van der Waals surface area contributed by atoms with Gasteiger partial charge < -0.3 is 4.90 Å². The minimum absolute atomic E-state index is 0.330. The summed E-state index contributed by atoms with van der Waals surface area (Å²) in [5, 5.41) is 1.99. The van der Waals surface area contributed by atoms with E-state index in [1.54, 1.807) is 12.1 Å². The Bertz CT molecular complexity index is 737. The maximum atomic E-state index is 12.4. The van der Waals surface area contributed by atoms with Crippen molar-refractivity contribution in [1.29, 1.82) is 0 Å². The SMILES string of the molecule is O=S(=O)(NCCN1C[CH]CCC1)c1ccc2ccccc2c1. The fraction of sp³-hybridized carbons (Fsp3) is 0.353. The number of nitrogens with zero attached hydrogens (tertiary/aromatic N) is 1. The van der Waals surface area contributed by atoms with Gasteiger partial charge in [-0.25, -0.2) is 13.1 Å². The molecule has 0 atom stereocenters. The van der Waals surface area contributed by atoms with E-state index in [-0.39, 0.29) is 0 Å². The lowest BCUT2D eigenvalue weighted by atomic mass is 10.1. The Hall–Kier alpha value is -1.43. The zero-order valence-corrected chi connectivity index (χ0v) is 13.3. The highest BCUT2D eigenvalue weighted by atomic mass is 32.2. The zero-order valence-electron chi connectivity index (χ0n) is 12.5. The number of sulfonamides is 1. The lowest BCUT2D eigenvalue weighted by Crippen LogP contribution is -2.37. The maximum Gasteiger partial charge on any atom is 0.240 e. The number of likely N-dealkylation sites (tertiary alicyclic amines) is 1. The van der Waals surface area contributed by atoms with E-state index in [1.165, 1.54) is 6.42 Å². The van der Waals surface area contributed by atoms with Crippen molar-refractivity contribution in [2.75, 3.05) is 26.2 Å². The fourth-order valence-corrected chi connectivity index (χ4v) is 3.84. The molecule has 22 heavy (non-hydrogen) atoms. The Balaban J connectivity index is 1.65. The third kappa shape index (κ3) is 3.66. The summed E-state index contributed by atoms with van der Waals surface area (Å²) < 4.78 is 27.5. The average molecular weight is 317 g/mol. The van der Waals surface area contributed by atoms with Crippen LogP contribution in [0.3, 0.4) is 0 Å². The molecule has 1 radical (unpaired) electrons. The van der Waals surface area contributed by atoms with Gasteiger partial charge in [-0.1, -0.05) is 30.3 Å². The van der Waals surface area contributed by atoms with E-state index in [2.05, 4.69) is 16.0 Å². The van der Waals surface area contributed by atoms with Crippen molar-refractivity contribution in [3.05, 3.63) is 48.9 Å². The van der Waals surface area contributed by atoms with Crippen molar-refractivity contribution in [3.8, 4) is 0 Å². The highest BCUT2D eigenvalue weighted by Gasteiger charge is 2.15. The molecule has 1 N–H and O–H groups in total. The molecule has 0 aromatic heterocycles. The van der Waals surface area contributed by atoms with Crippen LogP contribution in [-0.2, 0) is 10.0 Å². The summed E-state index contributed by atoms with van der Waals surface area (Å²) >= 11 is 0. The van der Waals surface area contributed by atoms with Crippen molar-refractivity contribution < 1.29 is 8.42 Å². The largest absolute Gasteiger partial charge is 0.302 e. The molecule has 1 heterocycles. The molecule has 5 heteroatoms. The van der Waals surface area contributed by atoms with Crippen LogP contribution in [0.25, 0.3) is 10.8 Å². The second-order valence-electron chi connectivity index (χ2n) is 5.64. The van der Waals surface area contributed by atoms with E-state index in [1.807, 2.05) is 30.3 Å². The summed E-state index contributed by atoms with van der Waals surface area (Å²) in [5.74, 6) is 0. The van der Waals surface area contributed by atoms with Gasteiger partial charge in [-0.2, -0.15) is 0 Å². The molecule has 0 saturated carbocycles. The predicted molar refractivity (Wildman–Crippen MR) is 89.1 cm³/mol. The van der Waals surface area contributed by atoms with Gasteiger partial charge in [0, 0.05) is 19.6 Å². The van der Waals surface area contributed by atoms with Crippen LogP contribution < -0.4 is 4.72 Å². The first-order chi connectivity index (χ1) is 10.6. The first-order valence-corrected chi connectivity index (χ1v) is 9.16. The summed E-state index contributed by atoms with van der Waals surface area (Å²) in [6.07, 6.45) is 4.58. The number of nitrogens with one attached hydrogen (secondary N) is 1. The van der Waals surface area contributed by atoms with E-state index < -0.39 is 10.0 Å². The minimum Gasteiger partial charge on any atom is -0.302 e. The number of hydrogen-bond donors (Lipinski definition) is 1. The lowest BCUT2D eigenvalue weighted by molar-refractivity contribution is 0.267. The fourth-order valence-electron chi connectivity index (χ4n) is 2.78. The Morgan fingerprint density at radius 2 is 1.91 bits per heavy atom. The highest BCUT2D eigenvalue weighted by Crippen LogP contribution is 2.18. The number of hydrogen-bond acceptors (Lipinski definition) is 3. The van der Waals surface area contributed by atoms with Crippen LogP contribution in [-0.4, -0.2) is 39.5 Å². The van der Waals surface area contributed by atoms with Gasteiger partial charge in [0.15, 0.2) is 0 Å². The van der Waals surface area contributed by atoms with Crippen LogP contribution in [0, 0.1) is 6.42 Å². The van der Waals surface area contributed by atoms with Crippen LogP contribution in [0.15, 0.2) is 47.4 Å². The van der Waals surface area contributed by atoms with Crippen LogP contribution >= 0.6 is 0 Å². The standard InChI is InChI=1S/C17H21N2O2S/c20-22(21,18-10-13-19-11-4-1-5-12-19)17-9-8-15-6-2-3-7-16(15)14-17/h2-4,6-9,14,18H,1,5,10-13H2. The van der Waals surface area contributed by atoms with Crippen molar-refractivity contribution in [2.45, 2.75) is 17.7 Å². The summed E-state index contributed by atoms with van der Waals surface area (Å²) in [4.78, 5) is 2.60. The first-order valence-electron chi connectivity index (χ1n) is 7.68. The van der Waals surface area contributed by atoms with Crippen LogP contribution in [0.2, 0.25) is 0 Å². The lowest BCUT2D eigenvalue weighted by Gasteiger charge is -2.26. The normalized spacial score (nSPS) is 16.9. The van der Waals surface area contributed by atoms with E-state index in [0.717, 1.165) is 36.8 Å². The third-order valence-corrected chi connectivity index (χ3v) is 5.48. The quantitative estimate of drug-likeness (QED) is 0.921. The third-order valence-electron chi connectivity index (χ3n) is 4.02. The smallest absolute Gasteiger partial charge is 0.240 e. The number of fused-ring (bicyclic) bond motifs is 1. The zero-order chi connectivity index (χ0) is 15.4. The number of benzene rings is 2. The van der Waals surface area contributed by atoms with Crippen molar-refractivity contribution >= 4 is 20.8 Å². The van der Waals surface area contributed by atoms with E-state index >= 15 is 0 Å². The van der Waals surface area contributed by atoms with Gasteiger partial charge in [0.2, 0.25) is 10.0 Å². The summed E-state index contributed by atoms with van der Waals surface area (Å²) in [6, 6.07) is 13.0. The Morgan fingerprint density at radius 3 is 2.68 bits per heavy atom. The molecule has 1 saturated heterocycles. The van der Waals surface area contributed by atoms with Crippen LogP contribution in [0.1, 0.15) is 12.8 Å². The molecule has 2 aromatic carbocycles. The molecule has 0 aliphatic carbocycles. The molecule has 2 aromatic rings. The van der Waals surface area contributed by atoms with Gasteiger partial charge in [-0.15, -0.1) is 0 Å². The number of rotatable bonds is 5. The molecule has 0 amide bonds. The van der Waals surface area contributed by atoms with Crippen molar-refractivity contribution in [3.63, 3.8) is 0 Å². The van der Waals surface area contributed by atoms with Crippen molar-refractivity contribution in [1.82, 2.24) is 9.62 Å². The van der Waals surface area contributed by atoms with E-state index in [0.29, 0.717) is 11.4 Å². The molecule has 0 spiro atoms. The summed E-state index contributed by atoms with van der Waals surface area (Å²) in [7, 11) is -3.44. The molecule has 4 nitrogen and oxygen atoms in total. The second kappa shape index (κ2) is 6.77. The topological polar surface area (TPSA) is 49.4 Å². The molecule has 117 valence electrons. The first kappa shape index (κ1) is 15.5. The molecule has 1 fully saturated rings. The van der Waals surface area contributed by atoms with Gasteiger partial charge >= 0.3 is 0 Å². The Morgan fingerprint density at radius 1 is 1.09 bits per heavy atom. The van der Waals surface area contributed by atoms with Gasteiger partial charge in [0.25, 0.3) is 0 Å². The molecular formula is C17H21N2O2S. The summed E-state index contributed by atoms with van der Waals surface area (Å²) in [6.45, 7) is 3.21. The molecule has 1 aliphatic heterocycles. The van der Waals surface area contributed by atoms with Gasteiger partial charge in [0.1, 0.15) is 0 Å². The minimum atomic E-state index is -3.44. The average Bonchev–Trinajstić information content (AvgIpc) is 2.55. The monoisotopic (exact) mass is 317 g/mol. The molecule has 0 bridgehead atoms. The van der Waals surface area contributed by atoms with Crippen molar-refractivity contribution in [2.24, 2.45) is 0 Å². The van der Waals surface area contributed by atoms with Gasteiger partial charge in [-0.3, -0.25) is 0 Å². The van der Waals surface area contributed by atoms with Crippen LogP contribution in [0.5, 0.6) is 0 Å². The molecule has 0 unspecified atom stereocenters. The Labute approximate surface area is 132 Å². The predicted octanol–water partition coefficient (Wildman–Crippen LogP) is 2.42. The Kier molecular flexibility index (Phi) is 4.76. The van der Waals surface area contributed by atoms with E-state index in [9.17, 15) is 8.42 Å². The van der Waals surface area contributed by atoms with E-state index in [4.69, 9.17) is 0 Å². The number of piperidine rings is 1. The molecule has 3 rings (SSSR count). The maximum absolute atomic E-state index is 12.4. The van der Waals surface area contributed by atoms with Gasteiger partial charge in [0.05, 0.1) is 4.90 Å². The summed E-state index contributed by atoms with van der Waals surface area (Å²) in [5.41, 5.74) is 0. The molecule has 1 aliphatic rings. The molecular weight excluding hydrogens is 296 g/mol. The van der Waals surface area contributed by atoms with Gasteiger partial charge in [-0.05, 0) is 48.7 Å².